The van der Waals surface area contributed by atoms with Crippen molar-refractivity contribution < 1.29 is 9.53 Å². The number of carbonyl (C=O) groups is 1. The molecule has 0 aromatic heterocycles. The second-order valence-corrected chi connectivity index (χ2v) is 4.05. The first-order valence-electron chi connectivity index (χ1n) is 6.04. The highest BCUT2D eigenvalue weighted by Gasteiger charge is 2.11. The van der Waals surface area contributed by atoms with Crippen LogP contribution in [0.2, 0.25) is 0 Å². The number of nitrogens with one attached hydrogen (secondary N) is 1. The molecule has 1 N–H and O–H groups in total. The van der Waals surface area contributed by atoms with Crippen LogP contribution in [0.15, 0.2) is 43.5 Å². The Bertz CT molecular complexity index is 459. The van der Waals surface area contributed by atoms with Crippen LogP contribution < -0.4 is 15.0 Å². The molecule has 0 aliphatic carbocycles. The van der Waals surface area contributed by atoms with Gasteiger partial charge in [0.15, 0.2) is 0 Å². The van der Waals surface area contributed by atoms with E-state index in [1.165, 1.54) is 6.92 Å². The summed E-state index contributed by atoms with van der Waals surface area (Å²) in [6.45, 7) is 10.3. The number of benzene rings is 1. The molecular formula is C15H20N2O2. The van der Waals surface area contributed by atoms with Gasteiger partial charge in [0.1, 0.15) is 5.75 Å². The molecule has 0 aliphatic heterocycles. The van der Waals surface area contributed by atoms with Gasteiger partial charge in [-0.05, 0) is 18.2 Å². The van der Waals surface area contributed by atoms with Crippen molar-refractivity contribution in [2.24, 2.45) is 0 Å². The predicted octanol–water partition coefficient (Wildman–Crippen LogP) is 2.83. The molecule has 1 aromatic carbocycles. The third-order valence-electron chi connectivity index (χ3n) is 2.54. The van der Waals surface area contributed by atoms with Crippen molar-refractivity contribution in [3.63, 3.8) is 0 Å². The summed E-state index contributed by atoms with van der Waals surface area (Å²) < 4.78 is 5.36. The third-order valence-corrected chi connectivity index (χ3v) is 2.54. The normalized spacial score (nSPS) is 9.58. The predicted molar refractivity (Wildman–Crippen MR) is 79.9 cm³/mol. The van der Waals surface area contributed by atoms with Gasteiger partial charge in [0.05, 0.1) is 12.8 Å². The molecule has 1 rings (SSSR count). The molecule has 0 aliphatic rings. The number of nitrogens with zero attached hydrogens (tertiary/aromatic N) is 1. The first-order valence-corrected chi connectivity index (χ1v) is 6.04. The number of hydrogen-bond acceptors (Lipinski definition) is 3. The van der Waals surface area contributed by atoms with E-state index in [4.69, 9.17) is 4.74 Å². The van der Waals surface area contributed by atoms with Crippen molar-refractivity contribution in [2.75, 3.05) is 30.4 Å². The summed E-state index contributed by atoms with van der Waals surface area (Å²) >= 11 is 0. The molecule has 1 amide bonds. The van der Waals surface area contributed by atoms with E-state index < -0.39 is 0 Å². The quantitative estimate of drug-likeness (QED) is 0.766. The SMILES string of the molecule is C=CCN(CC=C)c1cc(NC(C)=O)ccc1OC. The van der Waals surface area contributed by atoms with Gasteiger partial charge in [0.2, 0.25) is 5.91 Å². The monoisotopic (exact) mass is 260 g/mol. The van der Waals surface area contributed by atoms with E-state index in [0.717, 1.165) is 17.1 Å². The second-order valence-electron chi connectivity index (χ2n) is 4.05. The fourth-order valence-corrected chi connectivity index (χ4v) is 1.80. The number of carbonyl (C=O) groups excluding carboxylic acids is 1. The smallest absolute Gasteiger partial charge is 0.221 e. The lowest BCUT2D eigenvalue weighted by atomic mass is 10.2. The van der Waals surface area contributed by atoms with E-state index in [9.17, 15) is 4.79 Å². The maximum Gasteiger partial charge on any atom is 0.221 e. The number of amides is 1. The van der Waals surface area contributed by atoms with Crippen LogP contribution in [-0.4, -0.2) is 26.1 Å². The molecule has 0 bridgehead atoms. The highest BCUT2D eigenvalue weighted by molar-refractivity contribution is 5.89. The van der Waals surface area contributed by atoms with Crippen molar-refractivity contribution in [1.29, 1.82) is 0 Å². The minimum atomic E-state index is -0.102. The molecule has 19 heavy (non-hydrogen) atoms. The average molecular weight is 260 g/mol. The minimum absolute atomic E-state index is 0.102. The summed E-state index contributed by atoms with van der Waals surface area (Å²) in [6.07, 6.45) is 3.63. The van der Waals surface area contributed by atoms with E-state index >= 15 is 0 Å². The maximum absolute atomic E-state index is 11.1. The zero-order valence-corrected chi connectivity index (χ0v) is 11.5. The molecule has 0 fully saturated rings. The second kappa shape index (κ2) is 7.26. The van der Waals surface area contributed by atoms with Gasteiger partial charge in [-0.1, -0.05) is 12.2 Å². The van der Waals surface area contributed by atoms with E-state index in [2.05, 4.69) is 23.4 Å². The topological polar surface area (TPSA) is 41.6 Å². The van der Waals surface area contributed by atoms with Gasteiger partial charge in [-0.3, -0.25) is 4.79 Å². The van der Waals surface area contributed by atoms with Crippen molar-refractivity contribution in [2.45, 2.75) is 6.92 Å². The summed E-state index contributed by atoms with van der Waals surface area (Å²) in [5, 5.41) is 2.76. The van der Waals surface area contributed by atoms with E-state index in [0.29, 0.717) is 13.1 Å². The van der Waals surface area contributed by atoms with E-state index in [1.807, 2.05) is 30.4 Å². The molecule has 102 valence electrons. The summed E-state index contributed by atoms with van der Waals surface area (Å²) in [5.74, 6) is 0.646. The molecule has 0 atom stereocenters. The van der Waals surface area contributed by atoms with Crippen LogP contribution in [0.1, 0.15) is 6.92 Å². The lowest BCUT2D eigenvalue weighted by Crippen LogP contribution is -2.23. The van der Waals surface area contributed by atoms with Crippen molar-refractivity contribution >= 4 is 17.3 Å². The Morgan fingerprint density at radius 2 is 2.00 bits per heavy atom. The Balaban J connectivity index is 3.14. The van der Waals surface area contributed by atoms with Crippen LogP contribution >= 0.6 is 0 Å². The Morgan fingerprint density at radius 3 is 2.47 bits per heavy atom. The van der Waals surface area contributed by atoms with Gasteiger partial charge in [-0.25, -0.2) is 0 Å². The van der Waals surface area contributed by atoms with Crippen molar-refractivity contribution in [1.82, 2.24) is 0 Å². The van der Waals surface area contributed by atoms with Crippen LogP contribution in [0.25, 0.3) is 0 Å². The van der Waals surface area contributed by atoms with Crippen molar-refractivity contribution in [3.05, 3.63) is 43.5 Å². The standard InChI is InChI=1S/C15H20N2O2/c1-5-9-17(10-6-2)14-11-13(16-12(3)18)7-8-15(14)19-4/h5-8,11H,1-2,9-10H2,3-4H3,(H,16,18). The highest BCUT2D eigenvalue weighted by atomic mass is 16.5. The number of rotatable bonds is 7. The fourth-order valence-electron chi connectivity index (χ4n) is 1.80. The van der Waals surface area contributed by atoms with E-state index in [-0.39, 0.29) is 5.91 Å². The van der Waals surface area contributed by atoms with Crippen LogP contribution in [0, 0.1) is 0 Å². The summed E-state index contributed by atoms with van der Waals surface area (Å²) in [7, 11) is 1.62. The number of hydrogen-bond donors (Lipinski definition) is 1. The first-order chi connectivity index (χ1) is 9.12. The molecular weight excluding hydrogens is 240 g/mol. The average Bonchev–Trinajstić information content (AvgIpc) is 2.38. The van der Waals surface area contributed by atoms with Gasteiger partial charge >= 0.3 is 0 Å². The molecule has 0 saturated carbocycles. The van der Waals surface area contributed by atoms with Crippen LogP contribution in [0.3, 0.4) is 0 Å². The molecule has 4 nitrogen and oxygen atoms in total. The Morgan fingerprint density at radius 1 is 1.37 bits per heavy atom. The third kappa shape index (κ3) is 4.17. The van der Waals surface area contributed by atoms with Gasteiger partial charge in [0.25, 0.3) is 0 Å². The van der Waals surface area contributed by atoms with Gasteiger partial charge in [0, 0.05) is 25.7 Å². The summed E-state index contributed by atoms with van der Waals surface area (Å²) in [4.78, 5) is 13.2. The number of methoxy groups -OCH3 is 1. The summed E-state index contributed by atoms with van der Waals surface area (Å²) in [5.41, 5.74) is 1.63. The summed E-state index contributed by atoms with van der Waals surface area (Å²) in [6, 6.07) is 5.52. The minimum Gasteiger partial charge on any atom is -0.495 e. The van der Waals surface area contributed by atoms with Crippen LogP contribution in [0.4, 0.5) is 11.4 Å². The van der Waals surface area contributed by atoms with Crippen LogP contribution in [0.5, 0.6) is 5.75 Å². The molecule has 0 spiro atoms. The number of anilines is 2. The van der Waals surface area contributed by atoms with Gasteiger partial charge in [-0.2, -0.15) is 0 Å². The highest BCUT2D eigenvalue weighted by Crippen LogP contribution is 2.31. The maximum atomic E-state index is 11.1. The van der Waals surface area contributed by atoms with E-state index in [1.54, 1.807) is 7.11 Å². The van der Waals surface area contributed by atoms with Crippen LogP contribution in [-0.2, 0) is 4.79 Å². The molecule has 0 radical (unpaired) electrons. The van der Waals surface area contributed by atoms with Gasteiger partial charge in [-0.15, -0.1) is 13.2 Å². The molecule has 0 saturated heterocycles. The molecule has 1 aromatic rings. The lowest BCUT2D eigenvalue weighted by Gasteiger charge is -2.24. The molecule has 0 heterocycles. The molecule has 4 heteroatoms. The molecule has 0 unspecified atom stereocenters. The zero-order valence-electron chi connectivity index (χ0n) is 11.5. The first kappa shape index (κ1) is 14.8. The number of ether oxygens (including phenoxy) is 1. The Hall–Kier alpha value is -2.23. The fraction of sp³-hybridized carbons (Fsp3) is 0.267. The zero-order chi connectivity index (χ0) is 14.3. The van der Waals surface area contributed by atoms with Gasteiger partial charge < -0.3 is 15.0 Å². The Labute approximate surface area is 114 Å². The lowest BCUT2D eigenvalue weighted by molar-refractivity contribution is -0.114. The largest absolute Gasteiger partial charge is 0.495 e. The van der Waals surface area contributed by atoms with Crippen molar-refractivity contribution in [3.8, 4) is 5.75 Å². The Kier molecular flexibility index (Phi) is 5.67.